The van der Waals surface area contributed by atoms with Crippen LogP contribution in [0.15, 0.2) is 42.5 Å². The van der Waals surface area contributed by atoms with Crippen molar-refractivity contribution in [3.63, 3.8) is 0 Å². The Morgan fingerprint density at radius 1 is 1.10 bits per heavy atom. The van der Waals surface area contributed by atoms with E-state index in [9.17, 15) is 14.0 Å². The van der Waals surface area contributed by atoms with Gasteiger partial charge in [-0.25, -0.2) is 4.39 Å². The molecular formula is C14H8Cl2FNO2. The Hall–Kier alpha value is -1.91. The molecule has 0 aliphatic heterocycles. The number of halogens is 3. The minimum Gasteiger partial charge on any atom is -0.322 e. The largest absolute Gasteiger partial charge is 0.322 e. The van der Waals surface area contributed by atoms with Gasteiger partial charge in [0.25, 0.3) is 11.1 Å². The molecule has 2 aromatic carbocycles. The van der Waals surface area contributed by atoms with Gasteiger partial charge in [0.1, 0.15) is 5.82 Å². The lowest BCUT2D eigenvalue weighted by Gasteiger charge is -2.07. The molecule has 0 aliphatic rings. The Morgan fingerprint density at radius 3 is 2.50 bits per heavy atom. The van der Waals surface area contributed by atoms with Crippen molar-refractivity contribution in [3.05, 3.63) is 64.4 Å². The van der Waals surface area contributed by atoms with E-state index >= 15 is 0 Å². The molecule has 0 heterocycles. The summed E-state index contributed by atoms with van der Waals surface area (Å²) >= 11 is 11.0. The Morgan fingerprint density at radius 2 is 1.85 bits per heavy atom. The van der Waals surface area contributed by atoms with Crippen molar-refractivity contribution in [2.45, 2.75) is 0 Å². The number of amides is 1. The van der Waals surface area contributed by atoms with E-state index in [1.807, 2.05) is 0 Å². The van der Waals surface area contributed by atoms with Crippen LogP contribution in [0.1, 0.15) is 20.7 Å². The number of rotatable bonds is 3. The molecule has 0 saturated carbocycles. The molecule has 1 N–H and O–H groups in total. The van der Waals surface area contributed by atoms with E-state index in [0.29, 0.717) is 5.69 Å². The van der Waals surface area contributed by atoms with Gasteiger partial charge in [-0.15, -0.1) is 0 Å². The Labute approximate surface area is 124 Å². The number of carbonyl (C=O) groups is 2. The summed E-state index contributed by atoms with van der Waals surface area (Å²) in [6.45, 7) is 0. The molecule has 0 aromatic heterocycles. The maximum Gasteiger partial charge on any atom is 0.258 e. The van der Waals surface area contributed by atoms with Crippen LogP contribution in [-0.2, 0) is 0 Å². The maximum absolute atomic E-state index is 13.6. The van der Waals surface area contributed by atoms with Crippen molar-refractivity contribution in [3.8, 4) is 0 Å². The standard InChI is InChI=1S/C14H8Cl2FNO2/c15-9-4-5-11(12(17)7-9)14(20)18-10-3-1-2-8(6-10)13(16)19/h1-7H,(H,18,20). The van der Waals surface area contributed by atoms with E-state index in [1.165, 1.54) is 24.3 Å². The quantitative estimate of drug-likeness (QED) is 0.867. The highest BCUT2D eigenvalue weighted by atomic mass is 35.5. The van der Waals surface area contributed by atoms with E-state index in [0.717, 1.165) is 6.07 Å². The van der Waals surface area contributed by atoms with Crippen LogP contribution in [0.5, 0.6) is 0 Å². The van der Waals surface area contributed by atoms with Crippen molar-refractivity contribution < 1.29 is 14.0 Å². The number of nitrogens with one attached hydrogen (secondary N) is 1. The summed E-state index contributed by atoms with van der Waals surface area (Å²) in [5.41, 5.74) is 0.439. The van der Waals surface area contributed by atoms with Crippen LogP contribution in [0.2, 0.25) is 5.02 Å². The first-order valence-electron chi connectivity index (χ1n) is 5.53. The van der Waals surface area contributed by atoms with Gasteiger partial charge >= 0.3 is 0 Å². The average Bonchev–Trinajstić information content (AvgIpc) is 2.38. The Balaban J connectivity index is 2.23. The van der Waals surface area contributed by atoms with Gasteiger partial charge in [0.15, 0.2) is 0 Å². The van der Waals surface area contributed by atoms with Crippen LogP contribution in [0.3, 0.4) is 0 Å². The second kappa shape index (κ2) is 6.03. The van der Waals surface area contributed by atoms with Crippen LogP contribution < -0.4 is 5.32 Å². The molecule has 102 valence electrons. The van der Waals surface area contributed by atoms with Crippen LogP contribution in [0, 0.1) is 5.82 Å². The van der Waals surface area contributed by atoms with Gasteiger partial charge in [0, 0.05) is 16.3 Å². The lowest BCUT2D eigenvalue weighted by atomic mass is 10.1. The molecule has 2 rings (SSSR count). The van der Waals surface area contributed by atoms with Gasteiger partial charge in [-0.05, 0) is 48.0 Å². The molecule has 1 amide bonds. The van der Waals surface area contributed by atoms with E-state index in [2.05, 4.69) is 5.32 Å². The third-order valence-electron chi connectivity index (χ3n) is 2.52. The van der Waals surface area contributed by atoms with Crippen molar-refractivity contribution in [2.24, 2.45) is 0 Å². The second-order valence-electron chi connectivity index (χ2n) is 3.93. The molecule has 3 nitrogen and oxygen atoms in total. The van der Waals surface area contributed by atoms with Gasteiger partial charge in [-0.2, -0.15) is 0 Å². The SMILES string of the molecule is O=C(Cl)c1cccc(NC(=O)c2ccc(Cl)cc2F)c1. The molecule has 0 saturated heterocycles. The van der Waals surface area contributed by atoms with E-state index in [4.69, 9.17) is 23.2 Å². The van der Waals surface area contributed by atoms with Crippen LogP contribution in [-0.4, -0.2) is 11.1 Å². The molecule has 0 unspecified atom stereocenters. The number of benzene rings is 2. The maximum atomic E-state index is 13.6. The summed E-state index contributed by atoms with van der Waals surface area (Å²) in [6, 6.07) is 9.78. The molecule has 6 heteroatoms. The van der Waals surface area contributed by atoms with Crippen LogP contribution in [0.25, 0.3) is 0 Å². The number of anilines is 1. The normalized spacial score (nSPS) is 10.2. The molecule has 0 fully saturated rings. The molecule has 20 heavy (non-hydrogen) atoms. The average molecular weight is 312 g/mol. The molecule has 0 spiro atoms. The lowest BCUT2D eigenvalue weighted by Crippen LogP contribution is -2.14. The fraction of sp³-hybridized carbons (Fsp3) is 0. The van der Waals surface area contributed by atoms with Crippen molar-refractivity contribution >= 4 is 40.0 Å². The summed E-state index contributed by atoms with van der Waals surface area (Å²) in [5, 5.41) is 2.04. The van der Waals surface area contributed by atoms with E-state index < -0.39 is 17.0 Å². The highest BCUT2D eigenvalue weighted by Gasteiger charge is 2.13. The first-order chi connectivity index (χ1) is 9.47. The zero-order chi connectivity index (χ0) is 14.7. The molecule has 0 radical (unpaired) electrons. The minimum absolute atomic E-state index is 0.142. The molecule has 2 aromatic rings. The predicted molar refractivity (Wildman–Crippen MR) is 76.0 cm³/mol. The lowest BCUT2D eigenvalue weighted by molar-refractivity contribution is 0.102. The predicted octanol–water partition coefficient (Wildman–Crippen LogP) is 4.11. The summed E-state index contributed by atoms with van der Waals surface area (Å²) in [4.78, 5) is 22.9. The van der Waals surface area contributed by atoms with E-state index in [1.54, 1.807) is 12.1 Å². The highest BCUT2D eigenvalue weighted by Crippen LogP contribution is 2.17. The summed E-state index contributed by atoms with van der Waals surface area (Å²) in [6.07, 6.45) is 0. The first-order valence-corrected chi connectivity index (χ1v) is 6.29. The molecule has 0 aliphatic carbocycles. The number of hydrogen-bond donors (Lipinski definition) is 1. The summed E-state index contributed by atoms with van der Waals surface area (Å²) in [7, 11) is 0. The third kappa shape index (κ3) is 3.35. The van der Waals surface area contributed by atoms with Gasteiger partial charge in [0.05, 0.1) is 5.56 Å². The topological polar surface area (TPSA) is 46.2 Å². The molecule has 0 atom stereocenters. The third-order valence-corrected chi connectivity index (χ3v) is 2.98. The highest BCUT2D eigenvalue weighted by molar-refractivity contribution is 6.67. The second-order valence-corrected chi connectivity index (χ2v) is 4.71. The van der Waals surface area contributed by atoms with Crippen molar-refractivity contribution in [1.29, 1.82) is 0 Å². The summed E-state index contributed by atoms with van der Waals surface area (Å²) < 4.78 is 13.6. The smallest absolute Gasteiger partial charge is 0.258 e. The van der Waals surface area contributed by atoms with Gasteiger partial charge < -0.3 is 5.32 Å². The fourth-order valence-electron chi connectivity index (χ4n) is 1.59. The van der Waals surface area contributed by atoms with Gasteiger partial charge in [-0.3, -0.25) is 9.59 Å². The Bertz CT molecular complexity index is 689. The molecule has 0 bridgehead atoms. The van der Waals surface area contributed by atoms with Crippen molar-refractivity contribution in [1.82, 2.24) is 0 Å². The van der Waals surface area contributed by atoms with Crippen LogP contribution in [0.4, 0.5) is 10.1 Å². The van der Waals surface area contributed by atoms with Gasteiger partial charge in [0.2, 0.25) is 0 Å². The minimum atomic E-state index is -0.723. The van der Waals surface area contributed by atoms with Crippen molar-refractivity contribution in [2.75, 3.05) is 5.32 Å². The zero-order valence-electron chi connectivity index (χ0n) is 9.99. The monoisotopic (exact) mass is 311 g/mol. The zero-order valence-corrected chi connectivity index (χ0v) is 11.5. The number of hydrogen-bond acceptors (Lipinski definition) is 2. The molecular weight excluding hydrogens is 304 g/mol. The Kier molecular flexibility index (Phi) is 4.37. The summed E-state index contributed by atoms with van der Waals surface area (Å²) in [5.74, 6) is -1.36. The van der Waals surface area contributed by atoms with Gasteiger partial charge in [-0.1, -0.05) is 17.7 Å². The van der Waals surface area contributed by atoms with Crippen LogP contribution >= 0.6 is 23.2 Å². The van der Waals surface area contributed by atoms with E-state index in [-0.39, 0.29) is 16.1 Å². The first kappa shape index (κ1) is 14.5. The fourth-order valence-corrected chi connectivity index (χ4v) is 1.87. The number of carbonyl (C=O) groups excluding carboxylic acids is 2.